The van der Waals surface area contributed by atoms with E-state index in [1.54, 1.807) is 47.3 Å². The van der Waals surface area contributed by atoms with Crippen LogP contribution < -0.4 is 16.0 Å². The van der Waals surface area contributed by atoms with Crippen LogP contribution in [-0.2, 0) is 6.42 Å². The van der Waals surface area contributed by atoms with E-state index in [1.807, 2.05) is 19.1 Å². The number of halogens is 1. The number of carbonyl (C=O) groups is 2. The Hall–Kier alpha value is -3.32. The molecule has 0 radical (unpaired) electrons. The molecule has 8 heteroatoms. The second-order valence-corrected chi connectivity index (χ2v) is 6.43. The number of urea groups is 1. The molecular weight excluding hydrogens is 378 g/mol. The van der Waals surface area contributed by atoms with Crippen LogP contribution in [0.15, 0.2) is 54.7 Å². The molecule has 0 saturated carbocycles. The highest BCUT2D eigenvalue weighted by Crippen LogP contribution is 2.21. The van der Waals surface area contributed by atoms with Crippen molar-refractivity contribution in [3.63, 3.8) is 0 Å². The van der Waals surface area contributed by atoms with Gasteiger partial charge < -0.3 is 16.0 Å². The molecule has 0 atom stereocenters. The molecule has 0 spiro atoms. The summed E-state index contributed by atoms with van der Waals surface area (Å²) < 4.78 is 1.71. The highest BCUT2D eigenvalue weighted by molar-refractivity contribution is 6.30. The van der Waals surface area contributed by atoms with Gasteiger partial charge in [-0.15, -0.1) is 0 Å². The summed E-state index contributed by atoms with van der Waals surface area (Å²) in [6.07, 6.45) is 2.16. The standard InChI is InChI=1S/C20H20ClN5O2/c1-3-18-17(12-23-26(18)16-9-4-6-13(21)10-16)19(27)24-14-7-5-8-15(11-14)25-20(28)22-2/h4-12H,3H2,1-2H3,(H,24,27)(H2,22,25,28). The highest BCUT2D eigenvalue weighted by Gasteiger charge is 2.17. The number of aromatic nitrogens is 2. The number of amides is 3. The summed E-state index contributed by atoms with van der Waals surface area (Å²) in [7, 11) is 1.53. The zero-order chi connectivity index (χ0) is 20.1. The lowest BCUT2D eigenvalue weighted by atomic mass is 10.1. The first-order valence-electron chi connectivity index (χ1n) is 8.74. The van der Waals surface area contributed by atoms with Crippen LogP contribution in [0.2, 0.25) is 5.02 Å². The smallest absolute Gasteiger partial charge is 0.318 e. The van der Waals surface area contributed by atoms with E-state index in [2.05, 4.69) is 21.0 Å². The first kappa shape index (κ1) is 19.4. The van der Waals surface area contributed by atoms with Crippen LogP contribution in [-0.4, -0.2) is 28.8 Å². The van der Waals surface area contributed by atoms with Gasteiger partial charge in [0.1, 0.15) is 0 Å². The molecule has 0 unspecified atom stereocenters. The van der Waals surface area contributed by atoms with Crippen molar-refractivity contribution in [3.8, 4) is 5.69 Å². The largest absolute Gasteiger partial charge is 0.341 e. The molecule has 144 valence electrons. The summed E-state index contributed by atoms with van der Waals surface area (Å²) in [5.74, 6) is -0.276. The normalized spacial score (nSPS) is 10.4. The lowest BCUT2D eigenvalue weighted by Crippen LogP contribution is -2.24. The number of nitrogens with zero attached hydrogens (tertiary/aromatic N) is 2. The second-order valence-electron chi connectivity index (χ2n) is 5.99. The molecule has 0 aliphatic heterocycles. The van der Waals surface area contributed by atoms with Crippen molar-refractivity contribution in [2.24, 2.45) is 0 Å². The molecule has 7 nitrogen and oxygen atoms in total. The zero-order valence-corrected chi connectivity index (χ0v) is 16.2. The average Bonchev–Trinajstić information content (AvgIpc) is 3.12. The van der Waals surface area contributed by atoms with Gasteiger partial charge in [-0.05, 0) is 42.8 Å². The van der Waals surface area contributed by atoms with Crippen LogP contribution in [0.3, 0.4) is 0 Å². The fourth-order valence-corrected chi connectivity index (χ4v) is 2.99. The lowest BCUT2D eigenvalue weighted by molar-refractivity contribution is 0.102. The second kappa shape index (κ2) is 8.58. The fourth-order valence-electron chi connectivity index (χ4n) is 2.80. The molecule has 0 bridgehead atoms. The Morgan fingerprint density at radius 2 is 1.79 bits per heavy atom. The topological polar surface area (TPSA) is 88.1 Å². The van der Waals surface area contributed by atoms with Gasteiger partial charge >= 0.3 is 6.03 Å². The minimum absolute atomic E-state index is 0.276. The molecule has 0 aliphatic rings. The van der Waals surface area contributed by atoms with Gasteiger partial charge in [0.15, 0.2) is 0 Å². The Bertz CT molecular complexity index is 1020. The van der Waals surface area contributed by atoms with Crippen molar-refractivity contribution in [2.45, 2.75) is 13.3 Å². The van der Waals surface area contributed by atoms with Gasteiger partial charge in [-0.25, -0.2) is 9.48 Å². The Morgan fingerprint density at radius 1 is 1.07 bits per heavy atom. The van der Waals surface area contributed by atoms with Gasteiger partial charge in [0.05, 0.1) is 23.1 Å². The first-order valence-corrected chi connectivity index (χ1v) is 9.12. The monoisotopic (exact) mass is 397 g/mol. The summed E-state index contributed by atoms with van der Waals surface area (Å²) in [6.45, 7) is 1.96. The molecule has 3 N–H and O–H groups in total. The number of benzene rings is 2. The number of nitrogens with one attached hydrogen (secondary N) is 3. The first-order chi connectivity index (χ1) is 13.5. The molecule has 2 aromatic carbocycles. The van der Waals surface area contributed by atoms with Gasteiger partial charge in [0.25, 0.3) is 5.91 Å². The van der Waals surface area contributed by atoms with Gasteiger partial charge in [0.2, 0.25) is 0 Å². The molecular formula is C20H20ClN5O2. The van der Waals surface area contributed by atoms with Gasteiger partial charge in [0, 0.05) is 23.4 Å². The van der Waals surface area contributed by atoms with Gasteiger partial charge in [-0.2, -0.15) is 5.10 Å². The van der Waals surface area contributed by atoms with Crippen molar-refractivity contribution < 1.29 is 9.59 Å². The summed E-state index contributed by atoms with van der Waals surface area (Å²) in [6, 6.07) is 13.9. The van der Waals surface area contributed by atoms with E-state index in [-0.39, 0.29) is 11.9 Å². The quantitative estimate of drug-likeness (QED) is 0.605. The third-order valence-corrected chi connectivity index (χ3v) is 4.34. The van der Waals surface area contributed by atoms with E-state index < -0.39 is 0 Å². The van der Waals surface area contributed by atoms with Crippen molar-refractivity contribution in [3.05, 3.63) is 71.0 Å². The van der Waals surface area contributed by atoms with E-state index in [1.165, 1.54) is 7.05 Å². The van der Waals surface area contributed by atoms with Crippen molar-refractivity contribution in [1.82, 2.24) is 15.1 Å². The number of carbonyl (C=O) groups excluding carboxylic acids is 2. The van der Waals surface area contributed by atoms with Crippen LogP contribution in [0.4, 0.5) is 16.2 Å². The minimum Gasteiger partial charge on any atom is -0.341 e. The van der Waals surface area contributed by atoms with Crippen LogP contribution in [0.5, 0.6) is 0 Å². The molecule has 1 heterocycles. The van der Waals surface area contributed by atoms with E-state index in [4.69, 9.17) is 11.6 Å². The molecule has 0 saturated heterocycles. The summed E-state index contributed by atoms with van der Waals surface area (Å²) in [5, 5.41) is 13.0. The molecule has 3 rings (SSSR count). The predicted octanol–water partition coefficient (Wildman–Crippen LogP) is 4.09. The third-order valence-electron chi connectivity index (χ3n) is 4.11. The Morgan fingerprint density at radius 3 is 2.46 bits per heavy atom. The maximum atomic E-state index is 12.8. The molecule has 3 aromatic rings. The summed E-state index contributed by atoms with van der Waals surface area (Å²) in [5.41, 5.74) is 3.19. The SMILES string of the molecule is CCc1c(C(=O)Nc2cccc(NC(=O)NC)c2)cnn1-c1cccc(Cl)c1. The lowest BCUT2D eigenvalue weighted by Gasteiger charge is -2.10. The maximum Gasteiger partial charge on any atom is 0.318 e. The minimum atomic E-state index is -0.334. The summed E-state index contributed by atoms with van der Waals surface area (Å²) in [4.78, 5) is 24.3. The number of rotatable bonds is 5. The van der Waals surface area contributed by atoms with Gasteiger partial charge in [-0.1, -0.05) is 30.7 Å². The van der Waals surface area contributed by atoms with Crippen molar-refractivity contribution >= 4 is 34.9 Å². The summed E-state index contributed by atoms with van der Waals surface area (Å²) >= 11 is 6.07. The number of hydrogen-bond donors (Lipinski definition) is 3. The number of hydrogen-bond acceptors (Lipinski definition) is 3. The molecule has 3 amide bonds. The van der Waals surface area contributed by atoms with E-state index in [9.17, 15) is 9.59 Å². The highest BCUT2D eigenvalue weighted by atomic mass is 35.5. The van der Waals surface area contributed by atoms with Crippen LogP contribution >= 0.6 is 11.6 Å². The average molecular weight is 398 g/mol. The number of anilines is 2. The Balaban J connectivity index is 1.84. The molecule has 0 aliphatic carbocycles. The Kier molecular flexibility index (Phi) is 5.96. The van der Waals surface area contributed by atoms with Crippen molar-refractivity contribution in [2.75, 3.05) is 17.7 Å². The van der Waals surface area contributed by atoms with E-state index in [0.717, 1.165) is 11.4 Å². The third kappa shape index (κ3) is 4.32. The Labute approximate surface area is 167 Å². The maximum absolute atomic E-state index is 12.8. The molecule has 1 aromatic heterocycles. The predicted molar refractivity (Wildman–Crippen MR) is 110 cm³/mol. The molecule has 28 heavy (non-hydrogen) atoms. The van der Waals surface area contributed by atoms with Gasteiger partial charge in [-0.3, -0.25) is 4.79 Å². The van der Waals surface area contributed by atoms with Crippen molar-refractivity contribution in [1.29, 1.82) is 0 Å². The van der Waals surface area contributed by atoms with Crippen LogP contribution in [0, 0.1) is 0 Å². The van der Waals surface area contributed by atoms with E-state index in [0.29, 0.717) is 28.4 Å². The fraction of sp³-hybridized carbons (Fsp3) is 0.150. The molecule has 0 fully saturated rings. The van der Waals surface area contributed by atoms with Crippen LogP contribution in [0.1, 0.15) is 23.0 Å². The van der Waals surface area contributed by atoms with E-state index >= 15 is 0 Å². The van der Waals surface area contributed by atoms with Crippen LogP contribution in [0.25, 0.3) is 5.69 Å². The zero-order valence-electron chi connectivity index (χ0n) is 15.5.